The van der Waals surface area contributed by atoms with Crippen LogP contribution in [0.1, 0.15) is 17.3 Å². The van der Waals surface area contributed by atoms with Crippen LogP contribution in [0.25, 0.3) is 10.8 Å². The average molecular weight is 317 g/mol. The van der Waals surface area contributed by atoms with Crippen LogP contribution in [-0.4, -0.2) is 18.8 Å². The number of anilines is 1. The van der Waals surface area contributed by atoms with Crippen molar-refractivity contribution in [3.63, 3.8) is 0 Å². The topological polar surface area (TPSA) is 58.7 Å². The fourth-order valence-electron chi connectivity index (χ4n) is 2.57. The Balaban J connectivity index is 1.98. The molecule has 3 rings (SSSR count). The maximum Gasteiger partial charge on any atom is 0.200 e. The summed E-state index contributed by atoms with van der Waals surface area (Å²) >= 11 is 0. The number of hydrogen-bond donors (Lipinski definition) is 1. The molecule has 0 aliphatic carbocycles. The first-order valence-electron chi connectivity index (χ1n) is 7.73. The maximum absolute atomic E-state index is 11.5. The van der Waals surface area contributed by atoms with Crippen molar-refractivity contribution in [1.29, 1.82) is 0 Å². The molecule has 0 spiro atoms. The van der Waals surface area contributed by atoms with Gasteiger partial charge in [0.25, 0.3) is 0 Å². The third kappa shape index (κ3) is 3.13. The lowest BCUT2D eigenvalue weighted by Crippen LogP contribution is -2.33. The van der Waals surface area contributed by atoms with Crippen LogP contribution in [0.4, 0.5) is 11.4 Å². The molecule has 4 heteroatoms. The van der Waals surface area contributed by atoms with Crippen LogP contribution >= 0.6 is 0 Å². The predicted octanol–water partition coefficient (Wildman–Crippen LogP) is 4.13. The molecule has 4 nitrogen and oxygen atoms in total. The zero-order valence-corrected chi connectivity index (χ0v) is 13.7. The molecular weight excluding hydrogens is 298 g/mol. The number of ketones is 1. The highest BCUT2D eigenvalue weighted by Crippen LogP contribution is 2.26. The molecular formula is C20H19N3O. The lowest BCUT2D eigenvalue weighted by molar-refractivity contribution is 0.101. The van der Waals surface area contributed by atoms with Gasteiger partial charge in [-0.25, -0.2) is 4.99 Å². The fraction of sp³-hybridized carbons (Fsp3) is 0.100. The number of nitrogens with zero attached hydrogens (tertiary/aromatic N) is 2. The van der Waals surface area contributed by atoms with E-state index in [1.54, 1.807) is 17.9 Å². The molecule has 0 saturated carbocycles. The van der Waals surface area contributed by atoms with Gasteiger partial charge in [-0.2, -0.15) is 0 Å². The highest BCUT2D eigenvalue weighted by Gasteiger charge is 2.08. The highest BCUT2D eigenvalue weighted by atomic mass is 16.1. The monoisotopic (exact) mass is 317 g/mol. The van der Waals surface area contributed by atoms with Crippen molar-refractivity contribution in [2.75, 3.05) is 11.9 Å². The molecule has 0 saturated heterocycles. The fourth-order valence-corrected chi connectivity index (χ4v) is 2.57. The molecule has 0 fully saturated rings. The number of aliphatic imine (C=N–C) groups is 1. The van der Waals surface area contributed by atoms with Gasteiger partial charge in [-0.05, 0) is 30.5 Å². The van der Waals surface area contributed by atoms with Gasteiger partial charge in [-0.15, -0.1) is 0 Å². The predicted molar refractivity (Wildman–Crippen MR) is 100 cm³/mol. The summed E-state index contributed by atoms with van der Waals surface area (Å²) in [4.78, 5) is 17.9. The van der Waals surface area contributed by atoms with Crippen LogP contribution in [0.3, 0.4) is 0 Å². The Bertz CT molecular complexity index is 926. The summed E-state index contributed by atoms with van der Waals surface area (Å²) in [6.45, 7) is 1.55. The number of fused-ring (bicyclic) bond motifs is 1. The number of Topliss-reactive ketones (excluding diaryl/α,β-unsaturated/α-hetero) is 1. The minimum absolute atomic E-state index is 0.0230. The summed E-state index contributed by atoms with van der Waals surface area (Å²) in [5.74, 6) is 0.391. The Morgan fingerprint density at radius 2 is 1.71 bits per heavy atom. The zero-order valence-electron chi connectivity index (χ0n) is 13.7. The van der Waals surface area contributed by atoms with Crippen LogP contribution in [0.15, 0.2) is 71.7 Å². The second-order valence-corrected chi connectivity index (χ2v) is 5.63. The van der Waals surface area contributed by atoms with Gasteiger partial charge in [-0.1, -0.05) is 48.5 Å². The Hall–Kier alpha value is -3.14. The molecule has 120 valence electrons. The van der Waals surface area contributed by atoms with Crippen LogP contribution < -0.4 is 10.6 Å². The smallest absolute Gasteiger partial charge is 0.200 e. The van der Waals surface area contributed by atoms with Crippen molar-refractivity contribution in [3.8, 4) is 0 Å². The van der Waals surface area contributed by atoms with Gasteiger partial charge in [0.2, 0.25) is 5.96 Å². The number of benzene rings is 3. The molecule has 0 atom stereocenters. The van der Waals surface area contributed by atoms with Crippen LogP contribution in [0.5, 0.6) is 0 Å². The third-order valence-electron chi connectivity index (χ3n) is 3.99. The van der Waals surface area contributed by atoms with Gasteiger partial charge in [0.05, 0.1) is 5.69 Å². The van der Waals surface area contributed by atoms with E-state index in [4.69, 9.17) is 5.73 Å². The van der Waals surface area contributed by atoms with Crippen molar-refractivity contribution in [3.05, 3.63) is 72.3 Å². The number of rotatable bonds is 3. The largest absolute Gasteiger partial charge is 0.369 e. The van der Waals surface area contributed by atoms with Gasteiger partial charge in [0.1, 0.15) is 0 Å². The van der Waals surface area contributed by atoms with Crippen LogP contribution in [-0.2, 0) is 0 Å². The number of guanidine groups is 1. The zero-order chi connectivity index (χ0) is 17.1. The molecule has 0 aliphatic heterocycles. The highest BCUT2D eigenvalue weighted by molar-refractivity contribution is 6.01. The second-order valence-electron chi connectivity index (χ2n) is 5.63. The van der Waals surface area contributed by atoms with Gasteiger partial charge in [-0.3, -0.25) is 4.79 Å². The van der Waals surface area contributed by atoms with Crippen molar-refractivity contribution < 1.29 is 4.79 Å². The van der Waals surface area contributed by atoms with E-state index in [-0.39, 0.29) is 5.78 Å². The summed E-state index contributed by atoms with van der Waals surface area (Å²) in [6, 6.07) is 21.3. The van der Waals surface area contributed by atoms with E-state index in [9.17, 15) is 4.79 Å². The molecule has 0 aliphatic rings. The Morgan fingerprint density at radius 1 is 1.00 bits per heavy atom. The summed E-state index contributed by atoms with van der Waals surface area (Å²) in [7, 11) is 1.84. The molecule has 0 unspecified atom stereocenters. The number of carbonyl (C=O) groups excluding carboxylic acids is 1. The summed E-state index contributed by atoms with van der Waals surface area (Å²) in [5, 5.41) is 2.17. The van der Waals surface area contributed by atoms with Crippen molar-refractivity contribution in [1.82, 2.24) is 0 Å². The lowest BCUT2D eigenvalue weighted by Gasteiger charge is -2.19. The molecule has 3 aromatic carbocycles. The first-order valence-corrected chi connectivity index (χ1v) is 7.73. The van der Waals surface area contributed by atoms with Gasteiger partial charge in [0.15, 0.2) is 5.78 Å². The molecule has 0 bridgehead atoms. The Kier molecular flexibility index (Phi) is 4.29. The molecule has 0 aromatic heterocycles. The standard InChI is InChI=1S/C20H19N3O/c1-14(24)16-9-5-10-17(13-16)23(2)20(21)22-19-12-6-8-15-7-3-4-11-18(15)19/h3-13H,1-2H3,(H2,21,22). The van der Waals surface area contributed by atoms with E-state index >= 15 is 0 Å². The average Bonchev–Trinajstić information content (AvgIpc) is 2.61. The molecule has 0 heterocycles. The number of hydrogen-bond acceptors (Lipinski definition) is 2. The van der Waals surface area contributed by atoms with E-state index in [1.807, 2.05) is 67.7 Å². The van der Waals surface area contributed by atoms with E-state index in [2.05, 4.69) is 4.99 Å². The maximum atomic E-state index is 11.5. The minimum Gasteiger partial charge on any atom is -0.369 e. The quantitative estimate of drug-likeness (QED) is 0.449. The molecule has 24 heavy (non-hydrogen) atoms. The first-order chi connectivity index (χ1) is 11.6. The van der Waals surface area contributed by atoms with Gasteiger partial charge < -0.3 is 10.6 Å². The first kappa shape index (κ1) is 15.7. The van der Waals surface area contributed by atoms with Gasteiger partial charge >= 0.3 is 0 Å². The Morgan fingerprint density at radius 3 is 2.50 bits per heavy atom. The normalized spacial score (nSPS) is 11.5. The summed E-state index contributed by atoms with van der Waals surface area (Å²) in [5.41, 5.74) is 8.48. The van der Waals surface area contributed by atoms with Crippen LogP contribution in [0, 0.1) is 0 Å². The van der Waals surface area contributed by atoms with E-state index in [0.29, 0.717) is 11.5 Å². The SMILES string of the molecule is CC(=O)c1cccc(N(C)C(N)=Nc2cccc3ccccc23)c1. The minimum atomic E-state index is 0.0230. The molecule has 0 radical (unpaired) electrons. The molecule has 2 N–H and O–H groups in total. The lowest BCUT2D eigenvalue weighted by atomic mass is 10.1. The summed E-state index contributed by atoms with van der Waals surface area (Å²) in [6.07, 6.45) is 0. The number of nitrogens with two attached hydrogens (primary N) is 1. The van der Waals surface area contributed by atoms with Crippen LogP contribution in [0.2, 0.25) is 0 Å². The van der Waals surface area contributed by atoms with E-state index in [1.165, 1.54) is 0 Å². The van der Waals surface area contributed by atoms with E-state index < -0.39 is 0 Å². The second kappa shape index (κ2) is 6.54. The number of carbonyl (C=O) groups is 1. The Labute approximate surface area is 141 Å². The molecule has 3 aromatic rings. The van der Waals surface area contributed by atoms with Gasteiger partial charge in [0, 0.05) is 23.7 Å². The van der Waals surface area contributed by atoms with E-state index in [0.717, 1.165) is 22.1 Å². The van der Waals surface area contributed by atoms with Crippen molar-refractivity contribution in [2.45, 2.75) is 6.92 Å². The third-order valence-corrected chi connectivity index (χ3v) is 3.99. The van der Waals surface area contributed by atoms with Crippen molar-refractivity contribution in [2.24, 2.45) is 10.7 Å². The molecule has 0 amide bonds. The van der Waals surface area contributed by atoms with Crippen molar-refractivity contribution >= 4 is 33.9 Å². The summed E-state index contributed by atoms with van der Waals surface area (Å²) < 4.78 is 0.